The Labute approximate surface area is 180 Å². The zero-order valence-electron chi connectivity index (χ0n) is 16.6. The van der Waals surface area contributed by atoms with Crippen molar-refractivity contribution in [3.05, 3.63) is 46.1 Å². The van der Waals surface area contributed by atoms with Crippen LogP contribution in [0.3, 0.4) is 0 Å². The minimum atomic E-state index is -0.150. The Bertz CT molecular complexity index is 1240. The molecule has 0 saturated heterocycles. The summed E-state index contributed by atoms with van der Waals surface area (Å²) in [6.45, 7) is 2.67. The Balaban J connectivity index is 1.58. The summed E-state index contributed by atoms with van der Waals surface area (Å²) in [7, 11) is 1.60. The lowest BCUT2D eigenvalue weighted by Crippen LogP contribution is -2.22. The first kappa shape index (κ1) is 20.4. The summed E-state index contributed by atoms with van der Waals surface area (Å²) in [6, 6.07) is 9.04. The fourth-order valence-electron chi connectivity index (χ4n) is 3.11. The second-order valence-electron chi connectivity index (χ2n) is 6.63. The van der Waals surface area contributed by atoms with E-state index in [9.17, 15) is 9.59 Å². The quantitative estimate of drug-likeness (QED) is 0.418. The van der Waals surface area contributed by atoms with Crippen LogP contribution in [0.5, 0.6) is 5.75 Å². The average molecular weight is 444 g/mol. The molecule has 0 fully saturated rings. The number of hydrogen-bond acceptors (Lipinski definition) is 7. The zero-order chi connectivity index (χ0) is 21.1. The number of nitrogens with zero attached hydrogens (tertiary/aromatic N) is 4. The third-order valence-electron chi connectivity index (χ3n) is 4.62. The van der Waals surface area contributed by atoms with E-state index in [4.69, 9.17) is 4.74 Å². The lowest BCUT2D eigenvalue weighted by atomic mass is 10.3. The van der Waals surface area contributed by atoms with Crippen LogP contribution in [0.1, 0.15) is 19.8 Å². The van der Waals surface area contributed by atoms with Crippen molar-refractivity contribution in [3.8, 4) is 5.75 Å². The second kappa shape index (κ2) is 8.88. The molecule has 0 aliphatic heterocycles. The van der Waals surface area contributed by atoms with Gasteiger partial charge in [-0.2, -0.15) is 0 Å². The molecule has 1 amide bonds. The number of unbranched alkanes of at least 4 members (excludes halogenated alkanes) is 1. The first-order valence-electron chi connectivity index (χ1n) is 9.54. The molecule has 3 heterocycles. The van der Waals surface area contributed by atoms with Crippen LogP contribution in [0, 0.1) is 0 Å². The number of fused-ring (bicyclic) bond motifs is 3. The van der Waals surface area contributed by atoms with Crippen LogP contribution in [0.15, 0.2) is 45.7 Å². The number of thiophene rings is 1. The smallest absolute Gasteiger partial charge is 0.272 e. The molecule has 0 spiro atoms. The molecule has 0 unspecified atom stereocenters. The molecule has 0 atom stereocenters. The average Bonchev–Trinajstić information content (AvgIpc) is 3.40. The fourth-order valence-corrected chi connectivity index (χ4v) is 4.68. The largest absolute Gasteiger partial charge is 0.497 e. The Kier molecular flexibility index (Phi) is 6.05. The second-order valence-corrected chi connectivity index (χ2v) is 8.49. The van der Waals surface area contributed by atoms with Gasteiger partial charge in [0.05, 0.1) is 18.4 Å². The molecule has 30 heavy (non-hydrogen) atoms. The lowest BCUT2D eigenvalue weighted by Gasteiger charge is -2.09. The van der Waals surface area contributed by atoms with E-state index in [0.29, 0.717) is 27.9 Å². The van der Waals surface area contributed by atoms with E-state index in [0.717, 1.165) is 24.1 Å². The summed E-state index contributed by atoms with van der Waals surface area (Å²) in [6.07, 6.45) is 1.86. The highest BCUT2D eigenvalue weighted by Gasteiger charge is 2.18. The van der Waals surface area contributed by atoms with E-state index < -0.39 is 0 Å². The number of aryl methyl sites for hydroxylation is 1. The summed E-state index contributed by atoms with van der Waals surface area (Å²) < 4.78 is 9.34. The first-order chi connectivity index (χ1) is 14.6. The van der Waals surface area contributed by atoms with Crippen molar-refractivity contribution in [2.75, 3.05) is 18.2 Å². The first-order valence-corrected chi connectivity index (χ1v) is 11.4. The predicted octanol–water partition coefficient (Wildman–Crippen LogP) is 3.65. The monoisotopic (exact) mass is 443 g/mol. The molecule has 156 valence electrons. The van der Waals surface area contributed by atoms with Gasteiger partial charge >= 0.3 is 0 Å². The van der Waals surface area contributed by atoms with Gasteiger partial charge in [0.15, 0.2) is 5.16 Å². The molecular weight excluding hydrogens is 422 g/mol. The molecule has 0 bridgehead atoms. The third kappa shape index (κ3) is 3.92. The Morgan fingerprint density at radius 2 is 2.03 bits per heavy atom. The number of amides is 1. The maximum Gasteiger partial charge on any atom is 0.272 e. The van der Waals surface area contributed by atoms with Gasteiger partial charge in [0.25, 0.3) is 5.56 Å². The maximum absolute atomic E-state index is 12.8. The van der Waals surface area contributed by atoms with Crippen LogP contribution in [-0.2, 0) is 11.3 Å². The van der Waals surface area contributed by atoms with Crippen molar-refractivity contribution in [2.45, 2.75) is 31.5 Å². The van der Waals surface area contributed by atoms with E-state index in [-0.39, 0.29) is 17.2 Å². The van der Waals surface area contributed by atoms with Gasteiger partial charge in [0.1, 0.15) is 10.4 Å². The number of methoxy groups -OCH3 is 1. The van der Waals surface area contributed by atoms with E-state index in [1.165, 1.54) is 23.1 Å². The molecule has 1 aromatic carbocycles. The van der Waals surface area contributed by atoms with Crippen molar-refractivity contribution < 1.29 is 9.53 Å². The molecule has 10 heteroatoms. The fraction of sp³-hybridized carbons (Fsp3) is 0.300. The molecule has 0 radical (unpaired) electrons. The number of anilines is 1. The van der Waals surface area contributed by atoms with E-state index in [1.807, 2.05) is 15.8 Å². The van der Waals surface area contributed by atoms with Crippen molar-refractivity contribution in [3.63, 3.8) is 0 Å². The van der Waals surface area contributed by atoms with E-state index in [1.54, 1.807) is 35.9 Å². The summed E-state index contributed by atoms with van der Waals surface area (Å²) in [5.74, 6) is 1.26. The van der Waals surface area contributed by atoms with Crippen LogP contribution < -0.4 is 15.6 Å². The van der Waals surface area contributed by atoms with Gasteiger partial charge in [-0.15, -0.1) is 21.5 Å². The molecule has 0 aliphatic rings. The standard InChI is InChI=1S/C20H21N5O3S2/c1-3-4-10-24-18(27)17-15(9-11-29-17)25-19(24)22-23-20(25)30-12-16(26)21-13-5-7-14(28-2)8-6-13/h5-9,11H,3-4,10,12H2,1-2H3,(H,21,26). The molecule has 8 nitrogen and oxygen atoms in total. The van der Waals surface area contributed by atoms with Crippen molar-refractivity contribution in [2.24, 2.45) is 0 Å². The summed E-state index contributed by atoms with van der Waals surface area (Å²) in [4.78, 5) is 25.2. The van der Waals surface area contributed by atoms with Crippen LogP contribution in [0.4, 0.5) is 5.69 Å². The normalized spacial score (nSPS) is 11.3. The number of benzene rings is 1. The molecule has 1 N–H and O–H groups in total. The molecule has 3 aromatic heterocycles. The van der Waals surface area contributed by atoms with Crippen LogP contribution in [0.25, 0.3) is 16.0 Å². The van der Waals surface area contributed by atoms with Gasteiger partial charge in [0.2, 0.25) is 11.7 Å². The number of hydrogen-bond donors (Lipinski definition) is 1. The highest BCUT2D eigenvalue weighted by Crippen LogP contribution is 2.25. The Morgan fingerprint density at radius 1 is 1.23 bits per heavy atom. The topological polar surface area (TPSA) is 90.5 Å². The minimum Gasteiger partial charge on any atom is -0.497 e. The van der Waals surface area contributed by atoms with Crippen LogP contribution >= 0.6 is 23.1 Å². The SMILES string of the molecule is CCCCn1c(=O)c2sccc2n2c(SCC(=O)Nc3ccc(OC)cc3)nnc12. The number of carbonyl (C=O) groups is 1. The highest BCUT2D eigenvalue weighted by atomic mass is 32.2. The molecule has 4 aromatic rings. The minimum absolute atomic E-state index is 0.0397. The number of rotatable bonds is 8. The van der Waals surface area contributed by atoms with Gasteiger partial charge in [0, 0.05) is 12.2 Å². The van der Waals surface area contributed by atoms with E-state index in [2.05, 4.69) is 22.4 Å². The number of aromatic nitrogens is 4. The number of thioether (sulfide) groups is 1. The lowest BCUT2D eigenvalue weighted by molar-refractivity contribution is -0.113. The van der Waals surface area contributed by atoms with Gasteiger partial charge < -0.3 is 10.1 Å². The zero-order valence-corrected chi connectivity index (χ0v) is 18.3. The van der Waals surface area contributed by atoms with Gasteiger partial charge in [-0.25, -0.2) is 0 Å². The van der Waals surface area contributed by atoms with Gasteiger partial charge in [-0.05, 0) is 42.1 Å². The van der Waals surface area contributed by atoms with E-state index >= 15 is 0 Å². The Morgan fingerprint density at radius 3 is 2.77 bits per heavy atom. The summed E-state index contributed by atoms with van der Waals surface area (Å²) in [5, 5.41) is 13.9. The number of ether oxygens (including phenoxy) is 1. The molecule has 4 rings (SSSR count). The summed E-state index contributed by atoms with van der Waals surface area (Å²) >= 11 is 2.70. The number of carbonyl (C=O) groups excluding carboxylic acids is 1. The molecule has 0 aliphatic carbocycles. The van der Waals surface area contributed by atoms with Gasteiger partial charge in [-0.3, -0.25) is 18.6 Å². The summed E-state index contributed by atoms with van der Waals surface area (Å²) in [5.41, 5.74) is 1.43. The molecule has 0 saturated carbocycles. The third-order valence-corrected chi connectivity index (χ3v) is 6.44. The Hall–Kier alpha value is -2.85. The van der Waals surface area contributed by atoms with Crippen LogP contribution in [0.2, 0.25) is 0 Å². The van der Waals surface area contributed by atoms with Crippen LogP contribution in [-0.4, -0.2) is 37.9 Å². The molecular formula is C20H21N5O3S2. The van der Waals surface area contributed by atoms with Crippen molar-refractivity contribution in [1.82, 2.24) is 19.2 Å². The maximum atomic E-state index is 12.8. The van der Waals surface area contributed by atoms with Crippen molar-refractivity contribution in [1.29, 1.82) is 0 Å². The van der Waals surface area contributed by atoms with Crippen molar-refractivity contribution >= 4 is 50.7 Å². The number of nitrogens with one attached hydrogen (secondary N) is 1. The predicted molar refractivity (Wildman–Crippen MR) is 120 cm³/mol. The van der Waals surface area contributed by atoms with Gasteiger partial charge in [-0.1, -0.05) is 25.1 Å². The highest BCUT2D eigenvalue weighted by molar-refractivity contribution is 7.99.